The first-order chi connectivity index (χ1) is 17.5. The zero-order chi connectivity index (χ0) is 25.3. The van der Waals surface area contributed by atoms with Gasteiger partial charge in [0.1, 0.15) is 24.7 Å². The molecule has 0 bridgehead atoms. The van der Waals surface area contributed by atoms with Crippen LogP contribution in [0, 0.1) is 10.1 Å². The van der Waals surface area contributed by atoms with Crippen molar-refractivity contribution < 1.29 is 14.2 Å². The molecule has 6 nitrogen and oxygen atoms in total. The van der Waals surface area contributed by atoms with Crippen molar-refractivity contribution in [3.8, 4) is 5.75 Å². The lowest BCUT2D eigenvalue weighted by Crippen LogP contribution is -2.36. The van der Waals surface area contributed by atoms with Crippen LogP contribution < -0.4 is 9.30 Å². The number of benzene rings is 3. The second kappa shape index (κ2) is 12.6. The number of nitro groups is 1. The normalized spacial score (nSPS) is 11.8. The van der Waals surface area contributed by atoms with Crippen LogP contribution >= 0.6 is 23.4 Å². The maximum atomic E-state index is 11.0. The molecule has 1 unspecified atom stereocenters. The highest BCUT2D eigenvalue weighted by atomic mass is 35.5. The maximum Gasteiger partial charge on any atom is 0.269 e. The van der Waals surface area contributed by atoms with Gasteiger partial charge in [-0.2, -0.15) is 0 Å². The Hall–Kier alpha value is -3.29. The Labute approximate surface area is 220 Å². The molecular weight excluding hydrogens is 494 g/mol. The van der Waals surface area contributed by atoms with Crippen molar-refractivity contribution in [1.29, 1.82) is 0 Å². The Morgan fingerprint density at radius 1 is 1.08 bits per heavy atom. The maximum absolute atomic E-state index is 11.0. The van der Waals surface area contributed by atoms with Gasteiger partial charge in [-0.15, -0.1) is 11.8 Å². The van der Waals surface area contributed by atoms with Crippen LogP contribution in [0.2, 0.25) is 5.02 Å². The van der Waals surface area contributed by atoms with E-state index in [0.29, 0.717) is 12.3 Å². The number of non-ortho nitro benzene ring substituents is 1. The summed E-state index contributed by atoms with van der Waals surface area (Å²) in [4.78, 5) is 11.8. The highest BCUT2D eigenvalue weighted by molar-refractivity contribution is 7.99. The second-order valence-corrected chi connectivity index (χ2v) is 10.0. The molecule has 0 N–H and O–H groups in total. The van der Waals surface area contributed by atoms with Crippen molar-refractivity contribution in [2.45, 2.75) is 43.9 Å². The van der Waals surface area contributed by atoms with Crippen molar-refractivity contribution in [1.82, 2.24) is 4.57 Å². The van der Waals surface area contributed by atoms with E-state index >= 15 is 0 Å². The lowest BCUT2D eigenvalue weighted by atomic mass is 10.00. The summed E-state index contributed by atoms with van der Waals surface area (Å²) in [5, 5.41) is 11.8. The molecule has 0 aliphatic rings. The SMILES string of the molecule is CCc1ccccc1C(C[n+]1ccn(CCCSc2ccc(Cl)cc2)c1)Oc1ccc([N+](=O)[O-])cc1. The molecule has 0 amide bonds. The van der Waals surface area contributed by atoms with Gasteiger partial charge in [-0.1, -0.05) is 42.8 Å². The second-order valence-electron chi connectivity index (χ2n) is 8.41. The first kappa shape index (κ1) is 25.8. The van der Waals surface area contributed by atoms with Gasteiger partial charge in [0, 0.05) is 27.8 Å². The Morgan fingerprint density at radius 2 is 1.83 bits per heavy atom. The van der Waals surface area contributed by atoms with Gasteiger partial charge in [0.2, 0.25) is 6.33 Å². The Morgan fingerprint density at radius 3 is 2.56 bits per heavy atom. The highest BCUT2D eigenvalue weighted by Crippen LogP contribution is 2.27. The molecule has 0 radical (unpaired) electrons. The predicted molar refractivity (Wildman–Crippen MR) is 144 cm³/mol. The number of nitro benzene ring substituents is 1. The van der Waals surface area contributed by atoms with Gasteiger partial charge in [0.05, 0.1) is 11.5 Å². The predicted octanol–water partition coefficient (Wildman–Crippen LogP) is 6.90. The number of imidazole rings is 1. The van der Waals surface area contributed by atoms with Crippen LogP contribution in [-0.2, 0) is 19.5 Å². The Balaban J connectivity index is 1.41. The summed E-state index contributed by atoms with van der Waals surface area (Å²) in [6.45, 7) is 3.68. The van der Waals surface area contributed by atoms with E-state index in [0.717, 1.165) is 35.7 Å². The van der Waals surface area contributed by atoms with Gasteiger partial charge in [0.25, 0.3) is 5.69 Å². The van der Waals surface area contributed by atoms with Crippen LogP contribution in [0.25, 0.3) is 0 Å². The quantitative estimate of drug-likeness (QED) is 0.0667. The summed E-state index contributed by atoms with van der Waals surface area (Å²) >= 11 is 7.79. The number of aryl methyl sites for hydroxylation is 2. The molecule has 0 saturated carbocycles. The third-order valence-corrected chi connectivity index (χ3v) is 7.22. The number of aromatic nitrogens is 2. The van der Waals surface area contributed by atoms with Crippen LogP contribution in [0.3, 0.4) is 0 Å². The molecule has 36 heavy (non-hydrogen) atoms. The minimum absolute atomic E-state index is 0.0496. The van der Waals surface area contributed by atoms with E-state index in [4.69, 9.17) is 16.3 Å². The molecule has 3 aromatic carbocycles. The van der Waals surface area contributed by atoms with Gasteiger partial charge in [-0.05, 0) is 60.4 Å². The van der Waals surface area contributed by atoms with Crippen molar-refractivity contribution in [2.24, 2.45) is 0 Å². The average molecular weight is 523 g/mol. The molecule has 4 rings (SSSR count). The van der Waals surface area contributed by atoms with Crippen LogP contribution in [0.15, 0.2) is 96.4 Å². The zero-order valence-electron chi connectivity index (χ0n) is 20.1. The topological polar surface area (TPSA) is 61.2 Å². The van der Waals surface area contributed by atoms with E-state index in [1.807, 2.05) is 36.0 Å². The molecule has 0 aliphatic heterocycles. The van der Waals surface area contributed by atoms with E-state index in [9.17, 15) is 10.1 Å². The molecule has 1 aromatic heterocycles. The molecule has 1 atom stereocenters. The van der Waals surface area contributed by atoms with Crippen molar-refractivity contribution in [3.63, 3.8) is 0 Å². The average Bonchev–Trinajstić information content (AvgIpc) is 3.34. The van der Waals surface area contributed by atoms with E-state index in [1.165, 1.54) is 22.6 Å². The van der Waals surface area contributed by atoms with Gasteiger partial charge in [-0.3, -0.25) is 10.1 Å². The van der Waals surface area contributed by atoms with E-state index in [2.05, 4.69) is 59.0 Å². The number of thioether (sulfide) groups is 1. The van der Waals surface area contributed by atoms with Gasteiger partial charge >= 0.3 is 0 Å². The fourth-order valence-electron chi connectivity index (χ4n) is 4.02. The van der Waals surface area contributed by atoms with Crippen molar-refractivity contribution in [3.05, 3.63) is 118 Å². The molecular formula is C28H29ClN3O3S+. The number of rotatable bonds is 12. The summed E-state index contributed by atoms with van der Waals surface area (Å²) in [5.41, 5.74) is 2.40. The molecule has 186 valence electrons. The number of hydrogen-bond acceptors (Lipinski definition) is 4. The summed E-state index contributed by atoms with van der Waals surface area (Å²) < 4.78 is 10.7. The van der Waals surface area contributed by atoms with Crippen molar-refractivity contribution >= 4 is 29.1 Å². The Kier molecular flexibility index (Phi) is 9.03. The minimum atomic E-state index is -0.403. The fraction of sp³-hybridized carbons (Fsp3) is 0.250. The van der Waals surface area contributed by atoms with Crippen LogP contribution in [0.5, 0.6) is 5.75 Å². The van der Waals surface area contributed by atoms with Gasteiger partial charge in [0.15, 0.2) is 6.10 Å². The molecule has 0 spiro atoms. The number of halogens is 1. The van der Waals surface area contributed by atoms with Gasteiger partial charge in [-0.25, -0.2) is 9.13 Å². The van der Waals surface area contributed by atoms with E-state index in [-0.39, 0.29) is 11.8 Å². The first-order valence-electron chi connectivity index (χ1n) is 11.9. The largest absolute Gasteiger partial charge is 0.482 e. The molecule has 8 heteroatoms. The number of nitrogens with zero attached hydrogens (tertiary/aromatic N) is 3. The smallest absolute Gasteiger partial charge is 0.269 e. The van der Waals surface area contributed by atoms with Crippen LogP contribution in [0.1, 0.15) is 30.6 Å². The monoisotopic (exact) mass is 522 g/mol. The van der Waals surface area contributed by atoms with E-state index < -0.39 is 4.92 Å². The molecule has 0 saturated heterocycles. The summed E-state index contributed by atoms with van der Waals surface area (Å²) in [6.07, 6.45) is 7.96. The Bertz CT molecular complexity index is 1280. The third kappa shape index (κ3) is 7.12. The summed E-state index contributed by atoms with van der Waals surface area (Å²) in [7, 11) is 0. The molecule has 1 heterocycles. The standard InChI is InChI=1S/C28H29ClN3O3S/c1-2-22-6-3-4-7-27(22)28(35-25-12-10-24(11-13-25)32(33)34)20-31-18-17-30(21-31)16-5-19-36-26-14-8-23(29)9-15-26/h3-4,6-15,17-18,21,28H,2,5,16,19-20H2,1H3/q+1. The van der Waals surface area contributed by atoms with E-state index in [1.54, 1.807) is 12.1 Å². The highest BCUT2D eigenvalue weighted by Gasteiger charge is 2.21. The number of hydrogen-bond donors (Lipinski definition) is 0. The van der Waals surface area contributed by atoms with Gasteiger partial charge < -0.3 is 4.74 Å². The molecule has 0 aliphatic carbocycles. The minimum Gasteiger partial charge on any atom is -0.482 e. The van der Waals surface area contributed by atoms with Crippen molar-refractivity contribution in [2.75, 3.05) is 5.75 Å². The number of ether oxygens (including phenoxy) is 1. The summed E-state index contributed by atoms with van der Waals surface area (Å²) in [6, 6.07) is 22.5. The molecule has 0 fully saturated rings. The first-order valence-corrected chi connectivity index (χ1v) is 13.3. The lowest BCUT2D eigenvalue weighted by molar-refractivity contribution is -0.703. The van der Waals surface area contributed by atoms with Crippen LogP contribution in [0.4, 0.5) is 5.69 Å². The zero-order valence-corrected chi connectivity index (χ0v) is 21.7. The third-order valence-electron chi connectivity index (χ3n) is 5.87. The fourth-order valence-corrected chi connectivity index (χ4v) is 4.98. The molecule has 4 aromatic rings. The van der Waals surface area contributed by atoms with Crippen LogP contribution in [-0.4, -0.2) is 15.2 Å². The summed E-state index contributed by atoms with van der Waals surface area (Å²) in [5.74, 6) is 1.63. The lowest BCUT2D eigenvalue weighted by Gasteiger charge is -2.20.